The lowest BCUT2D eigenvalue weighted by atomic mass is 10.0. The molecule has 0 spiro atoms. The molecule has 0 saturated heterocycles. The number of carbonyl (C=O) groups is 1. The van der Waals surface area contributed by atoms with Crippen LogP contribution in [0, 0.1) is 11.6 Å². The number of benzene rings is 2. The summed E-state index contributed by atoms with van der Waals surface area (Å²) in [7, 11) is 0. The molecule has 0 bridgehead atoms. The van der Waals surface area contributed by atoms with E-state index in [1.807, 2.05) is 30.3 Å². The van der Waals surface area contributed by atoms with Crippen LogP contribution < -0.4 is 0 Å². The Labute approximate surface area is 151 Å². The van der Waals surface area contributed by atoms with Crippen molar-refractivity contribution in [1.29, 1.82) is 0 Å². The molecule has 0 aliphatic carbocycles. The van der Waals surface area contributed by atoms with Crippen LogP contribution in [0.15, 0.2) is 54.6 Å². The highest BCUT2D eigenvalue weighted by molar-refractivity contribution is 5.79. The Morgan fingerprint density at radius 1 is 1.12 bits per heavy atom. The fourth-order valence-electron chi connectivity index (χ4n) is 2.96. The Bertz CT molecular complexity index is 841. The van der Waals surface area contributed by atoms with Gasteiger partial charge in [0.1, 0.15) is 17.2 Å². The molecule has 0 fully saturated rings. The molecular formula is C21H21F2NO2. The first-order valence-corrected chi connectivity index (χ1v) is 8.45. The Morgan fingerprint density at radius 3 is 2.46 bits per heavy atom. The van der Waals surface area contributed by atoms with E-state index in [9.17, 15) is 13.6 Å². The molecule has 5 heteroatoms. The highest BCUT2D eigenvalue weighted by Gasteiger charge is 2.34. The van der Waals surface area contributed by atoms with Crippen molar-refractivity contribution in [2.24, 2.45) is 0 Å². The van der Waals surface area contributed by atoms with Crippen molar-refractivity contribution in [2.45, 2.75) is 32.4 Å². The molecule has 2 aromatic carbocycles. The molecule has 0 aromatic heterocycles. The number of amides is 1. The number of hydrogen-bond donors (Lipinski definition) is 0. The molecule has 1 aliphatic rings. The lowest BCUT2D eigenvalue weighted by molar-refractivity contribution is 0.0242. The van der Waals surface area contributed by atoms with Crippen LogP contribution in [0.2, 0.25) is 0 Å². The normalized spacial score (nSPS) is 17.2. The maximum absolute atomic E-state index is 14.2. The molecule has 2 aromatic rings. The van der Waals surface area contributed by atoms with Gasteiger partial charge in [0.15, 0.2) is 0 Å². The van der Waals surface area contributed by atoms with E-state index in [1.165, 1.54) is 4.90 Å². The number of halogens is 2. The summed E-state index contributed by atoms with van der Waals surface area (Å²) in [6, 6.07) is 12.3. The zero-order chi connectivity index (χ0) is 18.9. The first kappa shape index (κ1) is 18.1. The monoisotopic (exact) mass is 357 g/mol. The van der Waals surface area contributed by atoms with Gasteiger partial charge < -0.3 is 4.74 Å². The van der Waals surface area contributed by atoms with Gasteiger partial charge >= 0.3 is 6.09 Å². The van der Waals surface area contributed by atoms with Crippen LogP contribution in [-0.4, -0.2) is 23.1 Å². The zero-order valence-corrected chi connectivity index (χ0v) is 15.0. The van der Waals surface area contributed by atoms with Gasteiger partial charge in [0, 0.05) is 5.56 Å². The molecule has 1 heterocycles. The van der Waals surface area contributed by atoms with Gasteiger partial charge in [-0.2, -0.15) is 0 Å². The predicted molar refractivity (Wildman–Crippen MR) is 96.5 cm³/mol. The first-order valence-electron chi connectivity index (χ1n) is 8.45. The van der Waals surface area contributed by atoms with Gasteiger partial charge in [-0.1, -0.05) is 36.4 Å². The van der Waals surface area contributed by atoms with Gasteiger partial charge in [-0.05, 0) is 50.1 Å². The number of rotatable bonds is 2. The molecule has 0 N–H and O–H groups in total. The molecule has 0 radical (unpaired) electrons. The second-order valence-electron chi connectivity index (χ2n) is 7.28. The third-order valence-electron chi connectivity index (χ3n) is 4.08. The first-order chi connectivity index (χ1) is 12.2. The van der Waals surface area contributed by atoms with E-state index >= 15 is 0 Å². The average Bonchev–Trinajstić information content (AvgIpc) is 3.01. The van der Waals surface area contributed by atoms with E-state index in [0.29, 0.717) is 5.57 Å². The fraction of sp³-hybridized carbons (Fsp3) is 0.286. The summed E-state index contributed by atoms with van der Waals surface area (Å²) in [4.78, 5) is 14.2. The summed E-state index contributed by atoms with van der Waals surface area (Å²) in [5, 5.41) is 0. The van der Waals surface area contributed by atoms with Crippen molar-refractivity contribution < 1.29 is 18.3 Å². The Hall–Kier alpha value is -2.69. The van der Waals surface area contributed by atoms with Gasteiger partial charge in [0.2, 0.25) is 0 Å². The van der Waals surface area contributed by atoms with Crippen molar-refractivity contribution in [3.63, 3.8) is 0 Å². The lowest BCUT2D eigenvalue weighted by Crippen LogP contribution is -2.37. The van der Waals surface area contributed by atoms with Crippen LogP contribution in [0.25, 0.3) is 5.57 Å². The fourth-order valence-corrected chi connectivity index (χ4v) is 2.96. The van der Waals surface area contributed by atoms with Crippen LogP contribution in [0.1, 0.15) is 37.9 Å². The standard InChI is InChI=1S/C21H21F2NO2/c1-21(2,3)26-20(25)24-13-15(17-12-16(22)9-10-18(17)23)11-19(24)14-7-5-4-6-8-14/h4-12,19H,13H2,1-3H3. The van der Waals surface area contributed by atoms with E-state index < -0.39 is 29.4 Å². The Kier molecular flexibility index (Phi) is 4.81. The van der Waals surface area contributed by atoms with Crippen molar-refractivity contribution in [3.8, 4) is 0 Å². The van der Waals surface area contributed by atoms with Crippen LogP contribution in [0.5, 0.6) is 0 Å². The summed E-state index contributed by atoms with van der Waals surface area (Å²) < 4.78 is 33.3. The Morgan fingerprint density at radius 2 is 1.81 bits per heavy atom. The Balaban J connectivity index is 1.98. The van der Waals surface area contributed by atoms with Gasteiger partial charge in [0.25, 0.3) is 0 Å². The molecule has 0 saturated carbocycles. The number of hydrogen-bond acceptors (Lipinski definition) is 2. The van der Waals surface area contributed by atoms with E-state index in [1.54, 1.807) is 26.8 Å². The summed E-state index contributed by atoms with van der Waals surface area (Å²) in [5.74, 6) is -1.04. The minimum absolute atomic E-state index is 0.148. The van der Waals surface area contributed by atoms with Crippen LogP contribution in [-0.2, 0) is 4.74 Å². The molecular weight excluding hydrogens is 336 g/mol. The maximum atomic E-state index is 14.2. The minimum atomic E-state index is -0.648. The minimum Gasteiger partial charge on any atom is -0.444 e. The number of carbonyl (C=O) groups excluding carboxylic acids is 1. The average molecular weight is 357 g/mol. The smallest absolute Gasteiger partial charge is 0.411 e. The van der Waals surface area contributed by atoms with Crippen molar-refractivity contribution in [1.82, 2.24) is 4.90 Å². The highest BCUT2D eigenvalue weighted by Crippen LogP contribution is 2.36. The van der Waals surface area contributed by atoms with Gasteiger partial charge in [-0.25, -0.2) is 13.6 Å². The molecule has 1 unspecified atom stereocenters. The van der Waals surface area contributed by atoms with Gasteiger partial charge in [-0.3, -0.25) is 4.90 Å². The van der Waals surface area contributed by atoms with E-state index in [-0.39, 0.29) is 12.1 Å². The van der Waals surface area contributed by atoms with Crippen LogP contribution >= 0.6 is 0 Å². The van der Waals surface area contributed by atoms with E-state index in [2.05, 4.69) is 0 Å². The van der Waals surface area contributed by atoms with Gasteiger partial charge in [0.05, 0.1) is 12.6 Å². The highest BCUT2D eigenvalue weighted by atomic mass is 19.1. The van der Waals surface area contributed by atoms with E-state index in [4.69, 9.17) is 4.74 Å². The molecule has 26 heavy (non-hydrogen) atoms. The summed E-state index contributed by atoms with van der Waals surface area (Å²) in [6.07, 6.45) is 1.30. The van der Waals surface area contributed by atoms with Crippen LogP contribution in [0.4, 0.5) is 13.6 Å². The summed E-state index contributed by atoms with van der Waals surface area (Å²) in [5.41, 5.74) is 0.953. The molecule has 1 atom stereocenters. The van der Waals surface area contributed by atoms with E-state index in [0.717, 1.165) is 23.8 Å². The largest absolute Gasteiger partial charge is 0.444 e. The lowest BCUT2D eigenvalue weighted by Gasteiger charge is -2.29. The van der Waals surface area contributed by atoms with Crippen molar-refractivity contribution in [3.05, 3.63) is 77.4 Å². The maximum Gasteiger partial charge on any atom is 0.411 e. The van der Waals surface area contributed by atoms with Crippen molar-refractivity contribution >= 4 is 11.7 Å². The van der Waals surface area contributed by atoms with Gasteiger partial charge in [-0.15, -0.1) is 0 Å². The third-order valence-corrected chi connectivity index (χ3v) is 4.08. The second-order valence-corrected chi connectivity index (χ2v) is 7.28. The second kappa shape index (κ2) is 6.90. The topological polar surface area (TPSA) is 29.5 Å². The number of ether oxygens (including phenoxy) is 1. The number of nitrogens with zero attached hydrogens (tertiary/aromatic N) is 1. The quantitative estimate of drug-likeness (QED) is 0.726. The molecule has 3 nitrogen and oxygen atoms in total. The third kappa shape index (κ3) is 3.93. The summed E-state index contributed by atoms with van der Waals surface area (Å²) in [6.45, 7) is 5.52. The van der Waals surface area contributed by atoms with Crippen LogP contribution in [0.3, 0.4) is 0 Å². The SMILES string of the molecule is CC(C)(C)OC(=O)N1CC(c2cc(F)ccc2F)=CC1c1ccccc1. The zero-order valence-electron chi connectivity index (χ0n) is 15.0. The molecule has 136 valence electrons. The molecule has 3 rings (SSSR count). The van der Waals surface area contributed by atoms with Crippen molar-refractivity contribution in [2.75, 3.05) is 6.54 Å². The molecule has 1 aliphatic heterocycles. The summed E-state index contributed by atoms with van der Waals surface area (Å²) >= 11 is 0. The molecule has 1 amide bonds. The predicted octanol–water partition coefficient (Wildman–Crippen LogP) is 5.34.